The molecule has 1 aliphatic heterocycles. The molecular weight excluding hydrogens is 306 g/mol. The molecule has 2 unspecified atom stereocenters. The van der Waals surface area contributed by atoms with Crippen LogP contribution in [0.25, 0.3) is 0 Å². The fourth-order valence-electron chi connectivity index (χ4n) is 2.78. The maximum Gasteiger partial charge on any atom is 0.154 e. The number of ether oxygens (including phenoxy) is 1. The molecule has 1 aromatic heterocycles. The van der Waals surface area contributed by atoms with Crippen LogP contribution in [0.4, 0.5) is 0 Å². The second kappa shape index (κ2) is 5.43. The van der Waals surface area contributed by atoms with Crippen molar-refractivity contribution in [2.75, 3.05) is 6.61 Å². The normalized spacial score (nSPS) is 23.5. The van der Waals surface area contributed by atoms with Gasteiger partial charge in [-0.1, -0.05) is 22.0 Å². The number of hydrogen-bond acceptors (Lipinski definition) is 3. The molecule has 0 amide bonds. The standard InChI is InChI=1S/C14H16BrN3O/c1-9-7-10(15)4-5-11(9)12-3-2-6-19-13(12)14-16-8-17-18-14/h4-5,7-8,12-13H,2-3,6H2,1H3,(H,16,17,18). The maximum absolute atomic E-state index is 5.93. The summed E-state index contributed by atoms with van der Waals surface area (Å²) >= 11 is 3.51. The number of nitrogens with zero attached hydrogens (tertiary/aromatic N) is 2. The Labute approximate surface area is 120 Å². The Hall–Kier alpha value is -1.20. The summed E-state index contributed by atoms with van der Waals surface area (Å²) in [5.74, 6) is 1.17. The van der Waals surface area contributed by atoms with Crippen molar-refractivity contribution >= 4 is 15.9 Å². The fourth-order valence-corrected chi connectivity index (χ4v) is 3.25. The SMILES string of the molecule is Cc1cc(Br)ccc1C1CCCOC1c1ncn[nH]1. The molecule has 1 aromatic carbocycles. The zero-order chi connectivity index (χ0) is 13.2. The minimum Gasteiger partial charge on any atom is -0.370 e. The molecule has 0 spiro atoms. The molecule has 3 rings (SSSR count). The number of aryl methyl sites for hydroxylation is 1. The number of benzene rings is 1. The van der Waals surface area contributed by atoms with E-state index in [0.29, 0.717) is 5.92 Å². The molecular formula is C14H16BrN3O. The summed E-state index contributed by atoms with van der Waals surface area (Å²) in [7, 11) is 0. The lowest BCUT2D eigenvalue weighted by Crippen LogP contribution is -2.22. The van der Waals surface area contributed by atoms with Crippen LogP contribution in [0.3, 0.4) is 0 Å². The Balaban J connectivity index is 1.96. The van der Waals surface area contributed by atoms with Crippen LogP contribution in [0.15, 0.2) is 29.0 Å². The van der Waals surface area contributed by atoms with Gasteiger partial charge in [0.15, 0.2) is 5.82 Å². The average molecular weight is 322 g/mol. The van der Waals surface area contributed by atoms with Crippen molar-refractivity contribution in [3.05, 3.63) is 46.0 Å². The van der Waals surface area contributed by atoms with Crippen molar-refractivity contribution < 1.29 is 4.74 Å². The van der Waals surface area contributed by atoms with Crippen LogP contribution < -0.4 is 0 Å². The van der Waals surface area contributed by atoms with Crippen LogP contribution in [0.1, 0.15) is 41.8 Å². The van der Waals surface area contributed by atoms with Gasteiger partial charge in [0.05, 0.1) is 0 Å². The largest absolute Gasteiger partial charge is 0.370 e. The van der Waals surface area contributed by atoms with E-state index in [1.807, 2.05) is 0 Å². The highest BCUT2D eigenvalue weighted by atomic mass is 79.9. The molecule has 4 nitrogen and oxygen atoms in total. The van der Waals surface area contributed by atoms with Gasteiger partial charge in [0.25, 0.3) is 0 Å². The van der Waals surface area contributed by atoms with E-state index >= 15 is 0 Å². The first-order valence-corrected chi connectivity index (χ1v) is 7.28. The lowest BCUT2D eigenvalue weighted by Gasteiger charge is -2.31. The summed E-state index contributed by atoms with van der Waals surface area (Å²) in [5, 5.41) is 6.88. The summed E-state index contributed by atoms with van der Waals surface area (Å²) in [6.45, 7) is 2.93. The molecule has 0 aliphatic carbocycles. The second-order valence-electron chi connectivity index (χ2n) is 4.91. The van der Waals surface area contributed by atoms with Gasteiger partial charge < -0.3 is 4.74 Å². The molecule has 5 heteroatoms. The van der Waals surface area contributed by atoms with Crippen LogP contribution in [0, 0.1) is 6.92 Å². The number of rotatable bonds is 2. The van der Waals surface area contributed by atoms with Crippen molar-refractivity contribution in [3.63, 3.8) is 0 Å². The van der Waals surface area contributed by atoms with Crippen molar-refractivity contribution in [1.29, 1.82) is 0 Å². The van der Waals surface area contributed by atoms with Gasteiger partial charge in [0, 0.05) is 17.0 Å². The Morgan fingerprint density at radius 1 is 1.42 bits per heavy atom. The fraction of sp³-hybridized carbons (Fsp3) is 0.429. The van der Waals surface area contributed by atoms with Crippen molar-refractivity contribution in [2.24, 2.45) is 0 Å². The van der Waals surface area contributed by atoms with Crippen molar-refractivity contribution in [1.82, 2.24) is 15.2 Å². The molecule has 1 aliphatic rings. The number of H-pyrrole nitrogens is 1. The number of aromatic nitrogens is 3. The third kappa shape index (κ3) is 2.58. The molecule has 100 valence electrons. The van der Waals surface area contributed by atoms with Crippen LogP contribution in [0.2, 0.25) is 0 Å². The van der Waals surface area contributed by atoms with Gasteiger partial charge in [0.1, 0.15) is 12.4 Å². The molecule has 2 heterocycles. The quantitative estimate of drug-likeness (QED) is 0.920. The zero-order valence-corrected chi connectivity index (χ0v) is 12.4. The van der Waals surface area contributed by atoms with E-state index in [1.54, 1.807) is 6.33 Å². The number of halogens is 1. The lowest BCUT2D eigenvalue weighted by atomic mass is 9.84. The summed E-state index contributed by atoms with van der Waals surface area (Å²) < 4.78 is 7.04. The van der Waals surface area contributed by atoms with Gasteiger partial charge in [-0.25, -0.2) is 4.98 Å². The van der Waals surface area contributed by atoms with E-state index in [1.165, 1.54) is 11.1 Å². The van der Waals surface area contributed by atoms with E-state index in [-0.39, 0.29) is 6.10 Å². The smallest absolute Gasteiger partial charge is 0.154 e. The number of aromatic amines is 1. The Morgan fingerprint density at radius 2 is 2.32 bits per heavy atom. The highest BCUT2D eigenvalue weighted by Crippen LogP contribution is 2.40. The average Bonchev–Trinajstić information content (AvgIpc) is 2.93. The van der Waals surface area contributed by atoms with E-state index in [9.17, 15) is 0 Å². The molecule has 19 heavy (non-hydrogen) atoms. The van der Waals surface area contributed by atoms with Gasteiger partial charge in [-0.15, -0.1) is 0 Å². The summed E-state index contributed by atoms with van der Waals surface area (Å²) in [4.78, 5) is 4.26. The van der Waals surface area contributed by atoms with Crippen molar-refractivity contribution in [3.8, 4) is 0 Å². The van der Waals surface area contributed by atoms with Crippen LogP contribution in [0.5, 0.6) is 0 Å². The zero-order valence-electron chi connectivity index (χ0n) is 10.8. The summed E-state index contributed by atoms with van der Waals surface area (Å²) in [6.07, 6.45) is 3.73. The molecule has 1 saturated heterocycles. The Kier molecular flexibility index (Phi) is 3.66. The van der Waals surface area contributed by atoms with E-state index in [4.69, 9.17) is 4.74 Å². The Bertz CT molecular complexity index is 556. The topological polar surface area (TPSA) is 50.8 Å². The monoisotopic (exact) mass is 321 g/mol. The first-order chi connectivity index (χ1) is 9.25. The van der Waals surface area contributed by atoms with Gasteiger partial charge in [-0.3, -0.25) is 5.10 Å². The number of hydrogen-bond donors (Lipinski definition) is 1. The predicted octanol–water partition coefficient (Wildman–Crippen LogP) is 3.51. The minimum absolute atomic E-state index is 0.0175. The molecule has 2 aromatic rings. The van der Waals surface area contributed by atoms with E-state index in [0.717, 1.165) is 29.7 Å². The van der Waals surface area contributed by atoms with E-state index < -0.39 is 0 Å². The maximum atomic E-state index is 5.93. The third-order valence-electron chi connectivity index (χ3n) is 3.66. The first kappa shape index (κ1) is 12.8. The molecule has 1 fully saturated rings. The minimum atomic E-state index is -0.0175. The van der Waals surface area contributed by atoms with Crippen LogP contribution in [-0.4, -0.2) is 21.8 Å². The summed E-state index contributed by atoms with van der Waals surface area (Å²) in [5.41, 5.74) is 2.62. The van der Waals surface area contributed by atoms with Crippen LogP contribution >= 0.6 is 15.9 Å². The molecule has 2 atom stereocenters. The van der Waals surface area contributed by atoms with Gasteiger partial charge in [-0.05, 0) is 43.0 Å². The van der Waals surface area contributed by atoms with Gasteiger partial charge >= 0.3 is 0 Å². The first-order valence-electron chi connectivity index (χ1n) is 6.48. The van der Waals surface area contributed by atoms with Gasteiger partial charge in [-0.2, -0.15) is 5.10 Å². The summed E-state index contributed by atoms with van der Waals surface area (Å²) in [6, 6.07) is 6.43. The van der Waals surface area contributed by atoms with Crippen molar-refractivity contribution in [2.45, 2.75) is 31.8 Å². The highest BCUT2D eigenvalue weighted by molar-refractivity contribution is 9.10. The highest BCUT2D eigenvalue weighted by Gasteiger charge is 2.31. The van der Waals surface area contributed by atoms with E-state index in [2.05, 4.69) is 56.2 Å². The Morgan fingerprint density at radius 3 is 3.05 bits per heavy atom. The predicted molar refractivity (Wildman–Crippen MR) is 75.9 cm³/mol. The lowest BCUT2D eigenvalue weighted by molar-refractivity contribution is -0.00756. The third-order valence-corrected chi connectivity index (χ3v) is 4.15. The second-order valence-corrected chi connectivity index (χ2v) is 5.83. The molecule has 0 saturated carbocycles. The molecule has 0 bridgehead atoms. The van der Waals surface area contributed by atoms with Crippen LogP contribution in [-0.2, 0) is 4.74 Å². The molecule has 0 radical (unpaired) electrons. The van der Waals surface area contributed by atoms with Gasteiger partial charge in [0.2, 0.25) is 0 Å². The number of nitrogens with one attached hydrogen (secondary N) is 1. The molecule has 1 N–H and O–H groups in total.